The van der Waals surface area contributed by atoms with E-state index in [0.29, 0.717) is 18.5 Å². The molecule has 2 rings (SSSR count). The van der Waals surface area contributed by atoms with Gasteiger partial charge in [0, 0.05) is 24.2 Å². The van der Waals surface area contributed by atoms with Gasteiger partial charge in [0.05, 0.1) is 0 Å². The minimum Gasteiger partial charge on any atom is -0.329 e. The molecule has 1 aromatic carbocycles. The molecule has 0 saturated heterocycles. The summed E-state index contributed by atoms with van der Waals surface area (Å²) in [7, 11) is 2.08. The number of hydrogen-bond acceptors (Lipinski definition) is 2. The van der Waals surface area contributed by atoms with Crippen molar-refractivity contribution in [2.24, 2.45) is 11.7 Å². The van der Waals surface area contributed by atoms with Crippen LogP contribution in [0, 0.1) is 5.92 Å². The Morgan fingerprint density at radius 1 is 1.24 bits per heavy atom. The van der Waals surface area contributed by atoms with E-state index in [-0.39, 0.29) is 11.6 Å². The van der Waals surface area contributed by atoms with Crippen molar-refractivity contribution in [3.63, 3.8) is 0 Å². The van der Waals surface area contributed by atoms with Crippen LogP contribution in [-0.4, -0.2) is 24.5 Å². The molecule has 4 heteroatoms. The molecule has 0 amide bonds. The molecule has 2 nitrogen and oxygen atoms in total. The predicted octanol–water partition coefficient (Wildman–Crippen LogP) is 4.13. The number of halogens is 2. The van der Waals surface area contributed by atoms with Gasteiger partial charge >= 0.3 is 0 Å². The summed E-state index contributed by atoms with van der Waals surface area (Å²) in [6.07, 6.45) is 2.52. The van der Waals surface area contributed by atoms with Gasteiger partial charge in [-0.15, -0.1) is 0 Å². The van der Waals surface area contributed by atoms with Gasteiger partial charge in [-0.2, -0.15) is 0 Å². The zero-order valence-corrected chi connectivity index (χ0v) is 12.9. The first-order valence-electron chi connectivity index (χ1n) is 7.84. The third-order valence-electron chi connectivity index (χ3n) is 4.85. The number of nitrogens with two attached hydrogens (primary N) is 1. The van der Waals surface area contributed by atoms with Crippen molar-refractivity contribution >= 4 is 0 Å². The molecule has 0 radical (unpaired) electrons. The topological polar surface area (TPSA) is 29.3 Å². The van der Waals surface area contributed by atoms with E-state index in [9.17, 15) is 8.78 Å². The molecule has 1 fully saturated rings. The molecule has 1 aliphatic carbocycles. The van der Waals surface area contributed by atoms with E-state index in [4.69, 9.17) is 5.73 Å². The van der Waals surface area contributed by atoms with Crippen LogP contribution in [0.1, 0.15) is 56.2 Å². The van der Waals surface area contributed by atoms with Crippen LogP contribution < -0.4 is 5.73 Å². The van der Waals surface area contributed by atoms with Crippen molar-refractivity contribution in [2.45, 2.75) is 51.1 Å². The Morgan fingerprint density at radius 2 is 1.90 bits per heavy atom. The lowest BCUT2D eigenvalue weighted by molar-refractivity contribution is 0.0988. The fourth-order valence-corrected chi connectivity index (χ4v) is 3.57. The summed E-state index contributed by atoms with van der Waals surface area (Å²) in [5.74, 6) is 0.635. The molecular weight excluding hydrogens is 270 g/mol. The number of likely N-dealkylation sites (N-methyl/N-ethyl adjacent to an activating group) is 1. The zero-order chi connectivity index (χ0) is 15.4. The van der Waals surface area contributed by atoms with E-state index >= 15 is 0 Å². The third kappa shape index (κ3) is 3.80. The molecule has 0 bridgehead atoms. The van der Waals surface area contributed by atoms with E-state index in [2.05, 4.69) is 18.9 Å². The van der Waals surface area contributed by atoms with Crippen LogP contribution in [0.5, 0.6) is 0 Å². The monoisotopic (exact) mass is 296 g/mol. The summed E-state index contributed by atoms with van der Waals surface area (Å²) in [6.45, 7) is 2.73. The average Bonchev–Trinajstić information content (AvgIpc) is 2.48. The van der Waals surface area contributed by atoms with Gasteiger partial charge in [0.2, 0.25) is 0 Å². The maximum atomic E-state index is 12.9. The molecule has 1 aromatic rings. The van der Waals surface area contributed by atoms with Crippen LogP contribution in [0.15, 0.2) is 24.3 Å². The Labute approximate surface area is 126 Å². The summed E-state index contributed by atoms with van der Waals surface area (Å²) in [5.41, 5.74) is 6.93. The normalized spacial score (nSPS) is 24.5. The van der Waals surface area contributed by atoms with Crippen LogP contribution in [0.25, 0.3) is 0 Å². The number of benzene rings is 1. The van der Waals surface area contributed by atoms with Crippen molar-refractivity contribution in [1.82, 2.24) is 4.90 Å². The van der Waals surface area contributed by atoms with Gasteiger partial charge in [-0.1, -0.05) is 38.0 Å². The van der Waals surface area contributed by atoms with Gasteiger partial charge in [-0.05, 0) is 37.4 Å². The first-order valence-corrected chi connectivity index (χ1v) is 7.84. The molecule has 21 heavy (non-hydrogen) atoms. The smallest absolute Gasteiger partial charge is 0.263 e. The van der Waals surface area contributed by atoms with Crippen LogP contribution in [0.4, 0.5) is 8.78 Å². The van der Waals surface area contributed by atoms with Crippen molar-refractivity contribution in [3.8, 4) is 0 Å². The number of rotatable bonds is 5. The Kier molecular flexibility index (Phi) is 5.71. The fraction of sp³-hybridized carbons (Fsp3) is 0.647. The molecule has 0 aliphatic heterocycles. The largest absolute Gasteiger partial charge is 0.329 e. The Hall–Kier alpha value is -1.00. The first-order chi connectivity index (χ1) is 10.0. The molecule has 3 unspecified atom stereocenters. The predicted molar refractivity (Wildman–Crippen MR) is 82.4 cm³/mol. The molecule has 0 spiro atoms. The SMILES string of the molecule is CC1CCCCC1N(C)C(CN)c1cccc(C(F)F)c1. The Bertz CT molecular complexity index is 450. The molecule has 1 aliphatic rings. The van der Waals surface area contributed by atoms with Crippen molar-refractivity contribution < 1.29 is 8.78 Å². The van der Waals surface area contributed by atoms with Crippen LogP contribution >= 0.6 is 0 Å². The second-order valence-corrected chi connectivity index (χ2v) is 6.22. The average molecular weight is 296 g/mol. The second-order valence-electron chi connectivity index (χ2n) is 6.22. The molecular formula is C17H26F2N2. The maximum Gasteiger partial charge on any atom is 0.263 e. The molecule has 0 aromatic heterocycles. The van der Waals surface area contributed by atoms with Crippen molar-refractivity contribution in [3.05, 3.63) is 35.4 Å². The van der Waals surface area contributed by atoms with Crippen LogP contribution in [0.3, 0.4) is 0 Å². The van der Waals surface area contributed by atoms with E-state index in [1.807, 2.05) is 6.07 Å². The van der Waals surface area contributed by atoms with Crippen molar-refractivity contribution in [1.29, 1.82) is 0 Å². The van der Waals surface area contributed by atoms with Gasteiger partial charge in [-0.25, -0.2) is 8.78 Å². The van der Waals surface area contributed by atoms with Gasteiger partial charge in [-0.3, -0.25) is 4.90 Å². The third-order valence-corrected chi connectivity index (χ3v) is 4.85. The summed E-state index contributed by atoms with van der Waals surface area (Å²) in [6, 6.07) is 7.19. The Morgan fingerprint density at radius 3 is 2.52 bits per heavy atom. The van der Waals surface area contributed by atoms with E-state index < -0.39 is 6.43 Å². The standard InChI is InChI=1S/C17H26F2N2/c1-12-6-3-4-9-15(12)21(2)16(11-20)13-7-5-8-14(10-13)17(18)19/h5,7-8,10,12,15-17H,3-4,6,9,11,20H2,1-2H3. The second kappa shape index (κ2) is 7.32. The molecule has 118 valence electrons. The summed E-state index contributed by atoms with van der Waals surface area (Å²) < 4.78 is 25.8. The zero-order valence-electron chi connectivity index (χ0n) is 12.9. The van der Waals surface area contributed by atoms with Gasteiger partial charge in [0.25, 0.3) is 6.43 Å². The van der Waals surface area contributed by atoms with Gasteiger partial charge in [0.15, 0.2) is 0 Å². The van der Waals surface area contributed by atoms with Crippen LogP contribution in [0.2, 0.25) is 0 Å². The number of alkyl halides is 2. The maximum absolute atomic E-state index is 12.9. The molecule has 0 heterocycles. The highest BCUT2D eigenvalue weighted by Gasteiger charge is 2.29. The highest BCUT2D eigenvalue weighted by atomic mass is 19.3. The quantitative estimate of drug-likeness (QED) is 0.885. The van der Waals surface area contributed by atoms with Crippen molar-refractivity contribution in [2.75, 3.05) is 13.6 Å². The lowest BCUT2D eigenvalue weighted by atomic mass is 9.84. The minimum absolute atomic E-state index is 0.00856. The lowest BCUT2D eigenvalue weighted by Gasteiger charge is -2.40. The van der Waals surface area contributed by atoms with E-state index in [1.54, 1.807) is 12.1 Å². The summed E-state index contributed by atoms with van der Waals surface area (Å²) in [5, 5.41) is 0. The fourth-order valence-electron chi connectivity index (χ4n) is 3.57. The molecule has 1 saturated carbocycles. The van der Waals surface area contributed by atoms with Crippen LogP contribution in [-0.2, 0) is 0 Å². The van der Waals surface area contributed by atoms with E-state index in [1.165, 1.54) is 31.7 Å². The summed E-state index contributed by atoms with van der Waals surface area (Å²) in [4.78, 5) is 2.30. The van der Waals surface area contributed by atoms with E-state index in [0.717, 1.165) is 5.56 Å². The first kappa shape index (κ1) is 16.4. The summed E-state index contributed by atoms with van der Waals surface area (Å²) >= 11 is 0. The highest BCUT2D eigenvalue weighted by Crippen LogP contribution is 2.33. The van der Waals surface area contributed by atoms with Gasteiger partial charge in [0.1, 0.15) is 0 Å². The van der Waals surface area contributed by atoms with Gasteiger partial charge < -0.3 is 5.73 Å². The molecule has 3 atom stereocenters. The Balaban J connectivity index is 2.20. The number of nitrogens with zero attached hydrogens (tertiary/aromatic N) is 1. The number of hydrogen-bond donors (Lipinski definition) is 1. The lowest BCUT2D eigenvalue weighted by Crippen LogP contribution is -2.43. The highest BCUT2D eigenvalue weighted by molar-refractivity contribution is 5.27. The minimum atomic E-state index is -2.43. The molecule has 2 N–H and O–H groups in total.